The summed E-state index contributed by atoms with van der Waals surface area (Å²) >= 11 is 9.48. The molecule has 0 fully saturated rings. The predicted octanol–water partition coefficient (Wildman–Crippen LogP) is 4.92. The lowest BCUT2D eigenvalue weighted by atomic mass is 10.2. The van der Waals surface area contributed by atoms with E-state index in [0.29, 0.717) is 0 Å². The van der Waals surface area contributed by atoms with E-state index in [4.69, 9.17) is 16.3 Å². The Morgan fingerprint density at radius 3 is 2.63 bits per heavy atom. The first-order valence-electron chi connectivity index (χ1n) is 5.97. The number of hydrogen-bond acceptors (Lipinski definition) is 2. The number of nitrogens with one attached hydrogen (secondary N) is 1. The second-order valence-corrected chi connectivity index (χ2v) is 5.59. The lowest BCUT2D eigenvalue weighted by molar-refractivity contribution is 0.478. The quantitative estimate of drug-likeness (QED) is 0.852. The highest BCUT2D eigenvalue weighted by Crippen LogP contribution is 2.30. The molecule has 1 N–H and O–H groups in total. The lowest BCUT2D eigenvalue weighted by Gasteiger charge is -2.11. The Morgan fingerprint density at radius 2 is 2.00 bits per heavy atom. The van der Waals surface area contributed by atoms with Crippen LogP contribution in [0.4, 0.5) is 0 Å². The Bertz CT molecular complexity index is 586. The van der Waals surface area contributed by atoms with Crippen LogP contribution in [0.1, 0.15) is 11.1 Å². The molecule has 0 saturated carbocycles. The Balaban J connectivity index is 2.21. The van der Waals surface area contributed by atoms with Gasteiger partial charge in [0.2, 0.25) is 0 Å². The smallest absolute Gasteiger partial charge is 0.130 e. The molecule has 2 nitrogen and oxygen atoms in total. The van der Waals surface area contributed by atoms with Gasteiger partial charge in [-0.25, -0.2) is 0 Å². The molecule has 0 radical (unpaired) electrons. The van der Waals surface area contributed by atoms with Crippen molar-refractivity contribution >= 4 is 27.5 Å². The molecule has 2 aromatic carbocycles. The van der Waals surface area contributed by atoms with Crippen LogP contribution in [0.25, 0.3) is 0 Å². The van der Waals surface area contributed by atoms with E-state index in [9.17, 15) is 0 Å². The van der Waals surface area contributed by atoms with Crippen LogP contribution in [0.15, 0.2) is 40.9 Å². The molecule has 2 rings (SSSR count). The third kappa shape index (κ3) is 3.72. The van der Waals surface area contributed by atoms with Crippen LogP contribution >= 0.6 is 27.5 Å². The normalized spacial score (nSPS) is 10.5. The first kappa shape index (κ1) is 14.4. The van der Waals surface area contributed by atoms with Gasteiger partial charge in [0, 0.05) is 16.0 Å². The molecule has 0 aromatic heterocycles. The minimum absolute atomic E-state index is 0.718. The van der Waals surface area contributed by atoms with Gasteiger partial charge in [0.05, 0.1) is 0 Å². The van der Waals surface area contributed by atoms with Gasteiger partial charge in [-0.15, -0.1) is 0 Å². The van der Waals surface area contributed by atoms with E-state index in [0.717, 1.165) is 33.1 Å². The highest BCUT2D eigenvalue weighted by atomic mass is 79.9. The third-order valence-electron chi connectivity index (χ3n) is 2.76. The molecule has 0 bridgehead atoms. The SMILES string of the molecule is CNCc1ccc(Oc2ccc(Cl)cc2C)cc1Br. The lowest BCUT2D eigenvalue weighted by Crippen LogP contribution is -2.05. The van der Waals surface area contributed by atoms with Crippen LogP contribution in [0.2, 0.25) is 5.02 Å². The maximum absolute atomic E-state index is 5.93. The van der Waals surface area contributed by atoms with Gasteiger partial charge in [-0.05, 0) is 55.4 Å². The van der Waals surface area contributed by atoms with E-state index >= 15 is 0 Å². The first-order valence-corrected chi connectivity index (χ1v) is 7.14. The monoisotopic (exact) mass is 339 g/mol. The fourth-order valence-corrected chi connectivity index (χ4v) is 2.50. The van der Waals surface area contributed by atoms with Gasteiger partial charge < -0.3 is 10.1 Å². The zero-order valence-electron chi connectivity index (χ0n) is 10.8. The molecule has 0 aliphatic heterocycles. The molecule has 100 valence electrons. The van der Waals surface area contributed by atoms with Crippen molar-refractivity contribution in [3.8, 4) is 11.5 Å². The summed E-state index contributed by atoms with van der Waals surface area (Å²) in [6.45, 7) is 2.80. The molecule has 0 aliphatic carbocycles. The Kier molecular flexibility index (Phi) is 4.86. The molecule has 0 amide bonds. The second kappa shape index (κ2) is 6.42. The predicted molar refractivity (Wildman–Crippen MR) is 83.2 cm³/mol. The molecule has 0 atom stereocenters. The van der Waals surface area contributed by atoms with Crippen LogP contribution in [0.5, 0.6) is 11.5 Å². The van der Waals surface area contributed by atoms with E-state index in [1.807, 2.05) is 50.4 Å². The van der Waals surface area contributed by atoms with Crippen molar-refractivity contribution in [3.05, 3.63) is 57.0 Å². The molecular formula is C15H15BrClNO. The summed E-state index contributed by atoms with van der Waals surface area (Å²) in [6.07, 6.45) is 0. The highest BCUT2D eigenvalue weighted by molar-refractivity contribution is 9.10. The summed E-state index contributed by atoms with van der Waals surface area (Å²) in [5.74, 6) is 1.62. The van der Waals surface area contributed by atoms with Crippen LogP contribution in [-0.2, 0) is 6.54 Å². The average molecular weight is 341 g/mol. The molecule has 0 aliphatic rings. The molecule has 4 heteroatoms. The molecule has 0 spiro atoms. The fraction of sp³-hybridized carbons (Fsp3) is 0.200. The van der Waals surface area contributed by atoms with Gasteiger partial charge in [-0.1, -0.05) is 33.6 Å². The Hall–Kier alpha value is -1.03. The van der Waals surface area contributed by atoms with Gasteiger partial charge in [0.15, 0.2) is 0 Å². The largest absolute Gasteiger partial charge is 0.457 e. The van der Waals surface area contributed by atoms with E-state index in [1.165, 1.54) is 5.56 Å². The first-order chi connectivity index (χ1) is 9.10. The van der Waals surface area contributed by atoms with Gasteiger partial charge in [0.25, 0.3) is 0 Å². The van der Waals surface area contributed by atoms with Crippen LogP contribution in [0.3, 0.4) is 0 Å². The zero-order valence-corrected chi connectivity index (χ0v) is 13.2. The van der Waals surface area contributed by atoms with Crippen molar-refractivity contribution in [3.63, 3.8) is 0 Å². The molecule has 0 heterocycles. The number of halogens is 2. The standard InChI is InChI=1S/C15H15BrClNO/c1-10-7-12(17)4-6-15(10)19-13-5-3-11(9-18-2)14(16)8-13/h3-8,18H,9H2,1-2H3. The third-order valence-corrected chi connectivity index (χ3v) is 3.73. The summed E-state index contributed by atoms with van der Waals surface area (Å²) in [5, 5.41) is 3.84. The Labute approximate surface area is 126 Å². The highest BCUT2D eigenvalue weighted by Gasteiger charge is 2.05. The maximum Gasteiger partial charge on any atom is 0.130 e. The molecule has 2 aromatic rings. The Morgan fingerprint density at radius 1 is 1.21 bits per heavy atom. The summed E-state index contributed by atoms with van der Waals surface area (Å²) < 4.78 is 6.90. The topological polar surface area (TPSA) is 21.3 Å². The number of rotatable bonds is 4. The van der Waals surface area contributed by atoms with E-state index in [1.54, 1.807) is 0 Å². The van der Waals surface area contributed by atoms with Crippen molar-refractivity contribution in [2.45, 2.75) is 13.5 Å². The van der Waals surface area contributed by atoms with Crippen LogP contribution in [-0.4, -0.2) is 7.05 Å². The van der Waals surface area contributed by atoms with Crippen LogP contribution in [0, 0.1) is 6.92 Å². The second-order valence-electron chi connectivity index (χ2n) is 4.30. The van der Waals surface area contributed by atoms with Gasteiger partial charge >= 0.3 is 0 Å². The van der Waals surface area contributed by atoms with Crippen molar-refractivity contribution in [2.75, 3.05) is 7.05 Å². The van der Waals surface area contributed by atoms with Gasteiger partial charge in [-0.2, -0.15) is 0 Å². The van der Waals surface area contributed by atoms with Crippen molar-refractivity contribution in [1.82, 2.24) is 5.32 Å². The van der Waals surface area contributed by atoms with E-state index in [2.05, 4.69) is 21.2 Å². The minimum Gasteiger partial charge on any atom is -0.457 e. The number of ether oxygens (including phenoxy) is 1. The molecule has 0 unspecified atom stereocenters. The molecule has 19 heavy (non-hydrogen) atoms. The number of aryl methyl sites for hydroxylation is 1. The zero-order chi connectivity index (χ0) is 13.8. The van der Waals surface area contributed by atoms with Crippen molar-refractivity contribution in [1.29, 1.82) is 0 Å². The maximum atomic E-state index is 5.93. The van der Waals surface area contributed by atoms with Crippen molar-refractivity contribution in [2.24, 2.45) is 0 Å². The average Bonchev–Trinajstić information content (AvgIpc) is 2.36. The minimum atomic E-state index is 0.718. The number of benzene rings is 2. The van der Waals surface area contributed by atoms with Crippen LogP contribution < -0.4 is 10.1 Å². The van der Waals surface area contributed by atoms with E-state index in [-0.39, 0.29) is 0 Å². The summed E-state index contributed by atoms with van der Waals surface area (Å²) in [6, 6.07) is 11.6. The summed E-state index contributed by atoms with van der Waals surface area (Å²) in [4.78, 5) is 0. The van der Waals surface area contributed by atoms with Gasteiger partial charge in [0.1, 0.15) is 11.5 Å². The van der Waals surface area contributed by atoms with E-state index < -0.39 is 0 Å². The van der Waals surface area contributed by atoms with Gasteiger partial charge in [-0.3, -0.25) is 0 Å². The molecule has 0 saturated heterocycles. The summed E-state index contributed by atoms with van der Waals surface area (Å²) in [7, 11) is 1.92. The van der Waals surface area contributed by atoms with Crippen molar-refractivity contribution < 1.29 is 4.74 Å². The molecular weight excluding hydrogens is 326 g/mol. The summed E-state index contributed by atoms with van der Waals surface area (Å²) in [5.41, 5.74) is 2.21. The number of hydrogen-bond donors (Lipinski definition) is 1. The fourth-order valence-electron chi connectivity index (χ4n) is 1.78.